The molecule has 0 atom stereocenters. The first-order valence-corrected chi connectivity index (χ1v) is 12.7. The van der Waals surface area contributed by atoms with E-state index in [0.717, 1.165) is 24.5 Å². The Morgan fingerprint density at radius 1 is 1.03 bits per heavy atom. The molecule has 0 aromatic heterocycles. The molecule has 1 aliphatic heterocycles. The molecule has 0 saturated carbocycles. The zero-order valence-corrected chi connectivity index (χ0v) is 20.7. The van der Waals surface area contributed by atoms with E-state index in [2.05, 4.69) is 4.90 Å². The van der Waals surface area contributed by atoms with Crippen LogP contribution in [0.4, 0.5) is 5.69 Å². The molecule has 2 aromatic carbocycles. The Morgan fingerprint density at radius 2 is 1.67 bits per heavy atom. The monoisotopic (exact) mass is 495 g/mol. The third-order valence-corrected chi connectivity index (χ3v) is 8.01. The Kier molecular flexibility index (Phi) is 8.45. The van der Waals surface area contributed by atoms with Crippen LogP contribution < -0.4 is 14.4 Å². The van der Waals surface area contributed by atoms with Gasteiger partial charge in [-0.25, -0.2) is 8.42 Å². The minimum atomic E-state index is -3.61. The number of carbonyl (C=O) groups is 1. The summed E-state index contributed by atoms with van der Waals surface area (Å²) in [6.45, 7) is 6.75. The van der Waals surface area contributed by atoms with Gasteiger partial charge in [0.05, 0.1) is 17.0 Å². The van der Waals surface area contributed by atoms with Gasteiger partial charge in [0.2, 0.25) is 10.0 Å². The number of anilines is 1. The largest absolute Gasteiger partial charge is 0.497 e. The van der Waals surface area contributed by atoms with E-state index in [1.54, 1.807) is 25.9 Å². The number of sulfonamides is 1. The molecule has 0 radical (unpaired) electrons. The second-order valence-corrected chi connectivity index (χ2v) is 9.88. The van der Waals surface area contributed by atoms with Crippen molar-refractivity contribution < 1.29 is 22.7 Å². The van der Waals surface area contributed by atoms with Crippen LogP contribution in [0.5, 0.6) is 11.5 Å². The fourth-order valence-electron chi connectivity index (χ4n) is 3.71. The average Bonchev–Trinajstić information content (AvgIpc) is 2.83. The number of carbonyl (C=O) groups excluding carboxylic acids is 1. The predicted molar refractivity (Wildman–Crippen MR) is 129 cm³/mol. The van der Waals surface area contributed by atoms with E-state index in [9.17, 15) is 13.2 Å². The lowest BCUT2D eigenvalue weighted by molar-refractivity contribution is -0.133. The first-order chi connectivity index (χ1) is 15.8. The van der Waals surface area contributed by atoms with Crippen LogP contribution in [0, 0.1) is 0 Å². The van der Waals surface area contributed by atoms with Crippen LogP contribution in [0.1, 0.15) is 13.8 Å². The van der Waals surface area contributed by atoms with Gasteiger partial charge in [0, 0.05) is 45.0 Å². The van der Waals surface area contributed by atoms with Crippen molar-refractivity contribution in [2.45, 2.75) is 18.7 Å². The van der Waals surface area contributed by atoms with Gasteiger partial charge in [0.1, 0.15) is 11.5 Å². The molecule has 10 heteroatoms. The second-order valence-electron chi connectivity index (χ2n) is 7.54. The highest BCUT2D eigenvalue weighted by Crippen LogP contribution is 2.29. The molecule has 1 saturated heterocycles. The number of halogens is 1. The summed E-state index contributed by atoms with van der Waals surface area (Å²) in [7, 11) is -1.98. The molecular weight excluding hydrogens is 466 g/mol. The Morgan fingerprint density at radius 3 is 2.21 bits per heavy atom. The Balaban J connectivity index is 1.54. The van der Waals surface area contributed by atoms with Crippen LogP contribution in [0.3, 0.4) is 0 Å². The summed E-state index contributed by atoms with van der Waals surface area (Å²) in [6.07, 6.45) is 0. The van der Waals surface area contributed by atoms with Crippen LogP contribution in [-0.4, -0.2) is 76.5 Å². The number of amides is 1. The first-order valence-electron chi connectivity index (χ1n) is 10.9. The summed E-state index contributed by atoms with van der Waals surface area (Å²) in [5.41, 5.74) is 1.09. The lowest BCUT2D eigenvalue weighted by Crippen LogP contribution is -2.50. The fraction of sp³-hybridized carbons (Fsp3) is 0.435. The van der Waals surface area contributed by atoms with E-state index >= 15 is 0 Å². The van der Waals surface area contributed by atoms with Gasteiger partial charge >= 0.3 is 0 Å². The highest BCUT2D eigenvalue weighted by atomic mass is 35.5. The molecule has 0 spiro atoms. The number of hydrogen-bond acceptors (Lipinski definition) is 6. The van der Waals surface area contributed by atoms with Gasteiger partial charge in [-0.05, 0) is 42.5 Å². The van der Waals surface area contributed by atoms with Gasteiger partial charge in [-0.2, -0.15) is 4.31 Å². The van der Waals surface area contributed by atoms with E-state index in [0.29, 0.717) is 26.2 Å². The van der Waals surface area contributed by atoms with E-state index in [1.165, 1.54) is 22.5 Å². The van der Waals surface area contributed by atoms with Crippen molar-refractivity contribution >= 4 is 33.2 Å². The summed E-state index contributed by atoms with van der Waals surface area (Å²) in [4.78, 5) is 16.7. The van der Waals surface area contributed by atoms with Crippen LogP contribution in [0.25, 0.3) is 0 Å². The van der Waals surface area contributed by atoms with E-state index < -0.39 is 10.0 Å². The number of rotatable bonds is 9. The molecular formula is C23H30ClN3O5S. The van der Waals surface area contributed by atoms with E-state index in [4.69, 9.17) is 21.1 Å². The minimum absolute atomic E-state index is 0.101. The van der Waals surface area contributed by atoms with Gasteiger partial charge in [-0.1, -0.05) is 25.4 Å². The topological polar surface area (TPSA) is 79.4 Å². The molecule has 180 valence electrons. The van der Waals surface area contributed by atoms with Crippen LogP contribution >= 0.6 is 11.6 Å². The normalized spacial score (nSPS) is 14.5. The van der Waals surface area contributed by atoms with Crippen molar-refractivity contribution in [3.8, 4) is 11.5 Å². The Labute approximate surface area is 200 Å². The van der Waals surface area contributed by atoms with E-state index in [-0.39, 0.29) is 28.2 Å². The summed E-state index contributed by atoms with van der Waals surface area (Å²) in [5.74, 6) is 0.947. The van der Waals surface area contributed by atoms with Crippen molar-refractivity contribution in [3.05, 3.63) is 47.5 Å². The molecule has 0 N–H and O–H groups in total. The molecule has 0 bridgehead atoms. The summed E-state index contributed by atoms with van der Waals surface area (Å²) in [5, 5.41) is 0.153. The smallest absolute Gasteiger partial charge is 0.260 e. The summed E-state index contributed by atoms with van der Waals surface area (Å²) in [6, 6.07) is 12.2. The van der Waals surface area contributed by atoms with E-state index in [1.807, 2.05) is 24.3 Å². The first kappa shape index (κ1) is 25.1. The van der Waals surface area contributed by atoms with Gasteiger partial charge < -0.3 is 19.3 Å². The molecule has 2 aromatic rings. The molecule has 0 unspecified atom stereocenters. The number of piperazine rings is 1. The van der Waals surface area contributed by atoms with Gasteiger partial charge in [-0.15, -0.1) is 0 Å². The number of nitrogens with zero attached hydrogens (tertiary/aromatic N) is 3. The molecule has 1 heterocycles. The quantitative estimate of drug-likeness (QED) is 0.532. The third-order valence-electron chi connectivity index (χ3n) is 5.67. The molecule has 3 rings (SSSR count). The number of hydrogen-bond donors (Lipinski definition) is 0. The number of benzene rings is 2. The van der Waals surface area contributed by atoms with Crippen LogP contribution in [0.2, 0.25) is 5.02 Å². The van der Waals surface area contributed by atoms with Crippen molar-refractivity contribution in [2.24, 2.45) is 0 Å². The summed E-state index contributed by atoms with van der Waals surface area (Å²) < 4.78 is 37.5. The number of methoxy groups -OCH3 is 1. The standard InChI is InChI=1S/C23H30ClN3O5S/c1-4-27(5-2)33(29,30)20-10-11-22(21(24)16-20)32-17-23(28)26-14-12-25(13-15-26)18-6-8-19(31-3)9-7-18/h6-11,16H,4-5,12-15,17H2,1-3H3. The molecule has 1 amide bonds. The van der Waals surface area contributed by atoms with Crippen molar-refractivity contribution in [1.82, 2.24) is 9.21 Å². The highest BCUT2D eigenvalue weighted by Gasteiger charge is 2.24. The lowest BCUT2D eigenvalue weighted by Gasteiger charge is -2.36. The molecule has 1 fully saturated rings. The van der Waals surface area contributed by atoms with Crippen LogP contribution in [0.15, 0.2) is 47.4 Å². The van der Waals surface area contributed by atoms with Crippen molar-refractivity contribution in [3.63, 3.8) is 0 Å². The predicted octanol–water partition coefficient (Wildman–Crippen LogP) is 3.11. The fourth-order valence-corrected chi connectivity index (χ4v) is 5.49. The second kappa shape index (κ2) is 11.1. The molecule has 0 aliphatic carbocycles. The SMILES string of the molecule is CCN(CC)S(=O)(=O)c1ccc(OCC(=O)N2CCN(c3ccc(OC)cc3)CC2)c(Cl)c1. The van der Waals surface area contributed by atoms with Crippen molar-refractivity contribution in [2.75, 3.05) is 57.9 Å². The van der Waals surface area contributed by atoms with Gasteiger partial charge in [0.15, 0.2) is 6.61 Å². The molecule has 1 aliphatic rings. The lowest BCUT2D eigenvalue weighted by atomic mass is 10.2. The third kappa shape index (κ3) is 5.90. The zero-order chi connectivity index (χ0) is 24.0. The van der Waals surface area contributed by atoms with Gasteiger partial charge in [0.25, 0.3) is 5.91 Å². The Hall–Kier alpha value is -2.49. The average molecular weight is 496 g/mol. The zero-order valence-electron chi connectivity index (χ0n) is 19.2. The molecule has 33 heavy (non-hydrogen) atoms. The maximum Gasteiger partial charge on any atom is 0.260 e. The minimum Gasteiger partial charge on any atom is -0.497 e. The maximum absolute atomic E-state index is 12.6. The van der Waals surface area contributed by atoms with Crippen LogP contribution in [-0.2, 0) is 14.8 Å². The summed E-state index contributed by atoms with van der Waals surface area (Å²) >= 11 is 6.26. The number of ether oxygens (including phenoxy) is 2. The molecule has 8 nitrogen and oxygen atoms in total. The maximum atomic E-state index is 12.6. The highest BCUT2D eigenvalue weighted by molar-refractivity contribution is 7.89. The van der Waals surface area contributed by atoms with Crippen molar-refractivity contribution in [1.29, 1.82) is 0 Å². The van der Waals surface area contributed by atoms with Gasteiger partial charge in [-0.3, -0.25) is 4.79 Å². The Bertz CT molecular complexity index is 1050.